The van der Waals surface area contributed by atoms with Crippen LogP contribution in [-0.2, 0) is 9.53 Å². The number of ether oxygens (including phenoxy) is 1. The first-order valence-corrected chi connectivity index (χ1v) is 6.14. The fraction of sp³-hybridized carbons (Fsp3) is 0.900. The molecule has 1 atom stereocenters. The van der Waals surface area contributed by atoms with Crippen molar-refractivity contribution < 1.29 is 9.53 Å². The van der Waals surface area contributed by atoms with E-state index in [0.29, 0.717) is 0 Å². The number of carbonyl (C=O) groups is 1. The van der Waals surface area contributed by atoms with Gasteiger partial charge in [-0.1, -0.05) is 0 Å². The molecule has 0 unspecified atom stereocenters. The van der Waals surface area contributed by atoms with E-state index < -0.39 is 0 Å². The van der Waals surface area contributed by atoms with Gasteiger partial charge in [0.05, 0.1) is 7.11 Å². The van der Waals surface area contributed by atoms with E-state index in [1.54, 1.807) is 11.8 Å². The van der Waals surface area contributed by atoms with Crippen molar-refractivity contribution in [2.45, 2.75) is 38.8 Å². The minimum atomic E-state index is -0.188. The molecule has 0 aromatic heterocycles. The maximum Gasteiger partial charge on any atom is 0.322 e. The van der Waals surface area contributed by atoms with E-state index in [0.717, 1.165) is 12.2 Å². The quantitative estimate of drug-likeness (QED) is 0.714. The van der Waals surface area contributed by atoms with Crippen LogP contribution in [0, 0.1) is 0 Å². The largest absolute Gasteiger partial charge is 0.468 e. The van der Waals surface area contributed by atoms with Crippen LogP contribution in [-0.4, -0.2) is 36.7 Å². The zero-order valence-electron chi connectivity index (χ0n) is 9.72. The minimum Gasteiger partial charge on any atom is -0.468 e. The first-order valence-electron chi connectivity index (χ1n) is 4.75. The Morgan fingerprint density at radius 3 is 2.43 bits per heavy atom. The van der Waals surface area contributed by atoms with E-state index in [1.165, 1.54) is 7.11 Å². The molecule has 1 N–H and O–H groups in total. The van der Waals surface area contributed by atoms with Gasteiger partial charge < -0.3 is 4.74 Å². The summed E-state index contributed by atoms with van der Waals surface area (Å²) in [6.45, 7) is 6.13. The van der Waals surface area contributed by atoms with Gasteiger partial charge in [0.15, 0.2) is 0 Å². The van der Waals surface area contributed by atoms with E-state index >= 15 is 0 Å². The molecule has 4 heteroatoms. The van der Waals surface area contributed by atoms with E-state index in [9.17, 15) is 4.79 Å². The highest BCUT2D eigenvalue weighted by Gasteiger charge is 2.23. The number of hydrogen-bond donors (Lipinski definition) is 1. The molecule has 0 bridgehead atoms. The van der Waals surface area contributed by atoms with E-state index in [2.05, 4.69) is 5.32 Å². The van der Waals surface area contributed by atoms with Gasteiger partial charge in [-0.2, -0.15) is 11.8 Å². The second-order valence-electron chi connectivity index (χ2n) is 4.25. The van der Waals surface area contributed by atoms with Gasteiger partial charge in [-0.25, -0.2) is 0 Å². The predicted octanol–water partition coefficient (Wildman–Crippen LogP) is 1.67. The maximum absolute atomic E-state index is 11.4. The van der Waals surface area contributed by atoms with Crippen molar-refractivity contribution in [1.82, 2.24) is 5.32 Å². The van der Waals surface area contributed by atoms with Crippen LogP contribution in [0.5, 0.6) is 0 Å². The van der Waals surface area contributed by atoms with Gasteiger partial charge in [-0.05, 0) is 39.2 Å². The summed E-state index contributed by atoms with van der Waals surface area (Å²) in [5, 5.41) is 3.25. The number of carbonyl (C=O) groups excluding carboxylic acids is 1. The summed E-state index contributed by atoms with van der Waals surface area (Å²) in [6.07, 6.45) is 2.84. The van der Waals surface area contributed by atoms with Crippen LogP contribution in [0.25, 0.3) is 0 Å². The monoisotopic (exact) mass is 219 g/mol. The molecule has 0 heterocycles. The summed E-state index contributed by atoms with van der Waals surface area (Å²) >= 11 is 1.74. The number of thioether (sulfide) groups is 1. The van der Waals surface area contributed by atoms with Crippen LogP contribution in [0.2, 0.25) is 0 Å². The molecule has 0 radical (unpaired) electrons. The average Bonchev–Trinajstić information content (AvgIpc) is 2.09. The number of esters is 1. The Hall–Kier alpha value is -0.220. The molecule has 3 nitrogen and oxygen atoms in total. The van der Waals surface area contributed by atoms with Crippen LogP contribution < -0.4 is 5.32 Å². The van der Waals surface area contributed by atoms with Crippen LogP contribution in [0.1, 0.15) is 27.2 Å². The molecule has 0 aliphatic heterocycles. The Kier molecular flexibility index (Phi) is 6.20. The van der Waals surface area contributed by atoms with Gasteiger partial charge in [-0.15, -0.1) is 0 Å². The summed E-state index contributed by atoms with van der Waals surface area (Å²) in [4.78, 5) is 11.4. The van der Waals surface area contributed by atoms with Crippen LogP contribution in [0.3, 0.4) is 0 Å². The molecular weight excluding hydrogens is 198 g/mol. The van der Waals surface area contributed by atoms with E-state index in [1.807, 2.05) is 27.0 Å². The number of methoxy groups -OCH3 is 1. The zero-order chi connectivity index (χ0) is 11.2. The normalized spacial score (nSPS) is 13.8. The summed E-state index contributed by atoms with van der Waals surface area (Å²) in [5.74, 6) is 0.789. The molecule has 0 spiro atoms. The fourth-order valence-corrected chi connectivity index (χ4v) is 1.62. The van der Waals surface area contributed by atoms with Crippen molar-refractivity contribution in [1.29, 1.82) is 0 Å². The van der Waals surface area contributed by atoms with Crippen molar-refractivity contribution >= 4 is 17.7 Å². The number of rotatable bonds is 5. The lowest BCUT2D eigenvalue weighted by Gasteiger charge is -2.26. The van der Waals surface area contributed by atoms with Crippen LogP contribution in [0.15, 0.2) is 0 Å². The molecule has 0 rings (SSSR count). The summed E-state index contributed by atoms with van der Waals surface area (Å²) in [6, 6.07) is -0.188. The third-order valence-corrected chi connectivity index (χ3v) is 2.35. The SMILES string of the molecule is COC(=O)[C@H](CCSC)NC(C)(C)C. The lowest BCUT2D eigenvalue weighted by atomic mass is 10.1. The standard InChI is InChI=1S/C10H21NO2S/c1-10(2,3)11-8(6-7-14-5)9(12)13-4/h8,11H,6-7H2,1-5H3/t8-/m0/s1. The highest BCUT2D eigenvalue weighted by molar-refractivity contribution is 7.98. The molecule has 0 aliphatic carbocycles. The molecule has 0 aromatic carbocycles. The smallest absolute Gasteiger partial charge is 0.322 e. The van der Waals surface area contributed by atoms with E-state index in [4.69, 9.17) is 4.74 Å². The Labute approximate surface area is 91.0 Å². The molecule has 0 amide bonds. The Bertz CT molecular complexity index is 177. The Morgan fingerprint density at radius 1 is 1.50 bits per heavy atom. The molecule has 0 aromatic rings. The third-order valence-electron chi connectivity index (χ3n) is 1.70. The van der Waals surface area contributed by atoms with Gasteiger partial charge in [-0.3, -0.25) is 10.1 Å². The fourth-order valence-electron chi connectivity index (χ4n) is 1.15. The number of hydrogen-bond acceptors (Lipinski definition) is 4. The first kappa shape index (κ1) is 13.8. The van der Waals surface area contributed by atoms with E-state index in [-0.39, 0.29) is 17.6 Å². The van der Waals surface area contributed by atoms with Crippen molar-refractivity contribution in [2.24, 2.45) is 0 Å². The molecular formula is C10H21NO2S. The molecule has 14 heavy (non-hydrogen) atoms. The lowest BCUT2D eigenvalue weighted by molar-refractivity contribution is -0.143. The molecule has 0 saturated heterocycles. The molecule has 0 saturated carbocycles. The minimum absolute atomic E-state index is 0.0583. The topological polar surface area (TPSA) is 38.3 Å². The molecule has 0 fully saturated rings. The van der Waals surface area contributed by atoms with Gasteiger partial charge in [0, 0.05) is 5.54 Å². The molecule has 0 aliphatic rings. The van der Waals surface area contributed by atoms with Crippen molar-refractivity contribution in [3.8, 4) is 0 Å². The Balaban J connectivity index is 4.18. The van der Waals surface area contributed by atoms with Crippen molar-refractivity contribution in [3.05, 3.63) is 0 Å². The predicted molar refractivity (Wildman–Crippen MR) is 61.7 cm³/mol. The van der Waals surface area contributed by atoms with Crippen LogP contribution in [0.4, 0.5) is 0 Å². The summed E-state index contributed by atoms with van der Waals surface area (Å²) in [7, 11) is 1.43. The summed E-state index contributed by atoms with van der Waals surface area (Å²) < 4.78 is 4.74. The van der Waals surface area contributed by atoms with Gasteiger partial charge in [0.2, 0.25) is 0 Å². The first-order chi connectivity index (χ1) is 6.40. The number of nitrogens with one attached hydrogen (secondary N) is 1. The van der Waals surface area contributed by atoms with Gasteiger partial charge in [0.25, 0.3) is 0 Å². The lowest BCUT2D eigenvalue weighted by Crippen LogP contribution is -2.48. The van der Waals surface area contributed by atoms with Crippen molar-refractivity contribution in [3.63, 3.8) is 0 Å². The second-order valence-corrected chi connectivity index (χ2v) is 5.24. The third kappa shape index (κ3) is 6.27. The van der Waals surface area contributed by atoms with Gasteiger partial charge in [0.1, 0.15) is 6.04 Å². The van der Waals surface area contributed by atoms with Crippen molar-refractivity contribution in [2.75, 3.05) is 19.1 Å². The van der Waals surface area contributed by atoms with Crippen LogP contribution >= 0.6 is 11.8 Å². The second kappa shape index (κ2) is 6.30. The highest BCUT2D eigenvalue weighted by Crippen LogP contribution is 2.08. The van der Waals surface area contributed by atoms with Gasteiger partial charge >= 0.3 is 5.97 Å². The Morgan fingerprint density at radius 2 is 2.07 bits per heavy atom. The average molecular weight is 219 g/mol. The molecule has 84 valence electrons. The summed E-state index contributed by atoms with van der Waals surface area (Å²) in [5.41, 5.74) is -0.0583. The highest BCUT2D eigenvalue weighted by atomic mass is 32.2. The maximum atomic E-state index is 11.4. The zero-order valence-corrected chi connectivity index (χ0v) is 10.5.